The van der Waals surface area contributed by atoms with Crippen LogP contribution in [0.2, 0.25) is 0 Å². The van der Waals surface area contributed by atoms with Gasteiger partial charge in [-0.1, -0.05) is 36.4 Å². The summed E-state index contributed by atoms with van der Waals surface area (Å²) >= 11 is 0. The minimum absolute atomic E-state index is 0.0420. The Morgan fingerprint density at radius 2 is 1.68 bits per heavy atom. The Bertz CT molecular complexity index is 736. The van der Waals surface area contributed by atoms with Crippen LogP contribution in [0.1, 0.15) is 5.56 Å². The fourth-order valence-corrected chi connectivity index (χ4v) is 3.50. The molecule has 4 nitrogen and oxygen atoms in total. The summed E-state index contributed by atoms with van der Waals surface area (Å²) < 4.78 is 53.0. The first kappa shape index (κ1) is 16.5. The van der Waals surface area contributed by atoms with Crippen LogP contribution in [0.4, 0.5) is 8.78 Å². The highest BCUT2D eigenvalue weighted by molar-refractivity contribution is 7.89. The smallest absolute Gasteiger partial charge is 0.246 e. The van der Waals surface area contributed by atoms with E-state index in [4.69, 9.17) is 5.11 Å². The van der Waals surface area contributed by atoms with Gasteiger partial charge in [-0.15, -0.1) is 0 Å². The standard InChI is InChI=1S/C15H15F2NO3S/c16-13-7-4-8-14(15(13)17)22(20,21)18(9-10-19)11-12-5-2-1-3-6-12/h1-8,19H,9-11H2. The third kappa shape index (κ3) is 3.49. The zero-order valence-corrected chi connectivity index (χ0v) is 12.4. The molecule has 0 aliphatic heterocycles. The minimum atomic E-state index is -4.26. The average Bonchev–Trinajstić information content (AvgIpc) is 2.50. The maximum Gasteiger partial charge on any atom is 0.246 e. The number of hydrogen-bond acceptors (Lipinski definition) is 3. The Hall–Kier alpha value is -1.83. The first-order valence-electron chi connectivity index (χ1n) is 6.55. The van der Waals surface area contributed by atoms with Gasteiger partial charge < -0.3 is 5.11 Å². The Balaban J connectivity index is 2.40. The molecule has 0 radical (unpaired) electrons. The fraction of sp³-hybridized carbons (Fsp3) is 0.200. The number of hydrogen-bond donors (Lipinski definition) is 1. The molecule has 7 heteroatoms. The van der Waals surface area contributed by atoms with Crippen molar-refractivity contribution in [1.29, 1.82) is 0 Å². The van der Waals surface area contributed by atoms with Crippen LogP contribution >= 0.6 is 0 Å². The van der Waals surface area contributed by atoms with E-state index in [1.165, 1.54) is 0 Å². The van der Waals surface area contributed by atoms with Gasteiger partial charge in [0.2, 0.25) is 10.0 Å². The molecule has 0 amide bonds. The summed E-state index contributed by atoms with van der Waals surface area (Å²) in [5.41, 5.74) is 0.677. The SMILES string of the molecule is O=S(=O)(c1cccc(F)c1F)N(CCO)Cc1ccccc1. The molecule has 2 aromatic carbocycles. The van der Waals surface area contributed by atoms with Gasteiger partial charge in [-0.25, -0.2) is 17.2 Å². The Labute approximate surface area is 127 Å². The Kier molecular flexibility index (Phi) is 5.23. The molecular weight excluding hydrogens is 312 g/mol. The highest BCUT2D eigenvalue weighted by Crippen LogP contribution is 2.22. The van der Waals surface area contributed by atoms with Gasteiger partial charge >= 0.3 is 0 Å². The number of halogens is 2. The van der Waals surface area contributed by atoms with Crippen molar-refractivity contribution < 1.29 is 22.3 Å². The molecule has 0 atom stereocenters. The van der Waals surface area contributed by atoms with E-state index < -0.39 is 33.2 Å². The number of rotatable bonds is 6. The van der Waals surface area contributed by atoms with Crippen LogP contribution < -0.4 is 0 Å². The molecule has 0 aliphatic rings. The predicted molar refractivity (Wildman–Crippen MR) is 77.5 cm³/mol. The summed E-state index contributed by atoms with van der Waals surface area (Å²) in [4.78, 5) is -0.739. The molecule has 0 aliphatic carbocycles. The number of aliphatic hydroxyl groups excluding tert-OH is 1. The van der Waals surface area contributed by atoms with Crippen LogP contribution in [0.5, 0.6) is 0 Å². The van der Waals surface area contributed by atoms with E-state index in [9.17, 15) is 17.2 Å². The molecule has 0 bridgehead atoms. The predicted octanol–water partition coefficient (Wildman–Crippen LogP) is 2.15. The molecule has 0 spiro atoms. The second-order valence-corrected chi connectivity index (χ2v) is 6.51. The van der Waals surface area contributed by atoms with Crippen LogP contribution in [0.25, 0.3) is 0 Å². The molecule has 2 aromatic rings. The van der Waals surface area contributed by atoms with Crippen LogP contribution in [0.15, 0.2) is 53.4 Å². The number of nitrogens with zero attached hydrogens (tertiary/aromatic N) is 1. The first-order valence-corrected chi connectivity index (χ1v) is 7.99. The number of sulfonamides is 1. The molecule has 0 saturated carbocycles. The third-order valence-electron chi connectivity index (χ3n) is 3.09. The second-order valence-electron chi connectivity index (χ2n) is 4.60. The van der Waals surface area contributed by atoms with Crippen molar-refractivity contribution in [2.75, 3.05) is 13.2 Å². The number of aliphatic hydroxyl groups is 1. The van der Waals surface area contributed by atoms with E-state index in [1.807, 2.05) is 0 Å². The van der Waals surface area contributed by atoms with Crippen LogP contribution in [-0.4, -0.2) is 31.0 Å². The minimum Gasteiger partial charge on any atom is -0.395 e. The second kappa shape index (κ2) is 6.95. The molecule has 0 aromatic heterocycles. The highest BCUT2D eigenvalue weighted by atomic mass is 32.2. The molecule has 0 heterocycles. The van der Waals surface area contributed by atoms with Crippen molar-refractivity contribution in [3.63, 3.8) is 0 Å². The van der Waals surface area contributed by atoms with Gasteiger partial charge in [-0.3, -0.25) is 0 Å². The van der Waals surface area contributed by atoms with Gasteiger partial charge in [-0.2, -0.15) is 4.31 Å². The van der Waals surface area contributed by atoms with E-state index in [0.717, 1.165) is 22.5 Å². The van der Waals surface area contributed by atoms with Crippen LogP contribution in [0.3, 0.4) is 0 Å². The number of benzene rings is 2. The molecule has 2 rings (SSSR count). The quantitative estimate of drug-likeness (QED) is 0.884. The van der Waals surface area contributed by atoms with Gasteiger partial charge in [0.1, 0.15) is 4.90 Å². The van der Waals surface area contributed by atoms with Gasteiger partial charge in [0.15, 0.2) is 11.6 Å². The summed E-state index contributed by atoms with van der Waals surface area (Å²) in [6, 6.07) is 11.7. The van der Waals surface area contributed by atoms with Crippen LogP contribution in [-0.2, 0) is 16.6 Å². The van der Waals surface area contributed by atoms with E-state index in [2.05, 4.69) is 0 Å². The summed E-state index contributed by atoms with van der Waals surface area (Å²) in [5, 5.41) is 9.07. The van der Waals surface area contributed by atoms with Crippen molar-refractivity contribution in [1.82, 2.24) is 4.31 Å². The summed E-state index contributed by atoms with van der Waals surface area (Å²) in [6.45, 7) is -0.685. The van der Waals surface area contributed by atoms with Crippen molar-refractivity contribution in [2.45, 2.75) is 11.4 Å². The maximum absolute atomic E-state index is 13.8. The molecule has 1 N–H and O–H groups in total. The lowest BCUT2D eigenvalue weighted by Gasteiger charge is -2.21. The monoisotopic (exact) mass is 327 g/mol. The molecule has 0 saturated heterocycles. The van der Waals surface area contributed by atoms with Crippen molar-refractivity contribution >= 4 is 10.0 Å². The van der Waals surface area contributed by atoms with Crippen LogP contribution in [0, 0.1) is 11.6 Å². The normalized spacial score (nSPS) is 11.8. The van der Waals surface area contributed by atoms with E-state index in [-0.39, 0.29) is 13.1 Å². The lowest BCUT2D eigenvalue weighted by Crippen LogP contribution is -2.33. The lowest BCUT2D eigenvalue weighted by atomic mass is 10.2. The molecule has 118 valence electrons. The van der Waals surface area contributed by atoms with E-state index in [0.29, 0.717) is 5.56 Å². The highest BCUT2D eigenvalue weighted by Gasteiger charge is 2.28. The van der Waals surface area contributed by atoms with Gasteiger partial charge in [-0.05, 0) is 17.7 Å². The zero-order chi connectivity index (χ0) is 16.2. The van der Waals surface area contributed by atoms with E-state index in [1.54, 1.807) is 30.3 Å². The Morgan fingerprint density at radius 1 is 1.00 bits per heavy atom. The summed E-state index contributed by atoms with van der Waals surface area (Å²) in [5.74, 6) is -2.65. The van der Waals surface area contributed by atoms with E-state index >= 15 is 0 Å². The summed E-state index contributed by atoms with van der Waals surface area (Å²) in [6.07, 6.45) is 0. The molecule has 22 heavy (non-hydrogen) atoms. The van der Waals surface area contributed by atoms with Crippen molar-refractivity contribution in [2.24, 2.45) is 0 Å². The molecular formula is C15H15F2NO3S. The van der Waals surface area contributed by atoms with Gasteiger partial charge in [0.05, 0.1) is 6.61 Å². The third-order valence-corrected chi connectivity index (χ3v) is 4.95. The summed E-state index contributed by atoms with van der Waals surface area (Å²) in [7, 11) is -4.26. The fourth-order valence-electron chi connectivity index (χ4n) is 2.01. The largest absolute Gasteiger partial charge is 0.395 e. The topological polar surface area (TPSA) is 57.6 Å². The lowest BCUT2D eigenvalue weighted by molar-refractivity contribution is 0.250. The van der Waals surface area contributed by atoms with Gasteiger partial charge in [0, 0.05) is 13.1 Å². The maximum atomic E-state index is 13.8. The Morgan fingerprint density at radius 3 is 2.32 bits per heavy atom. The zero-order valence-electron chi connectivity index (χ0n) is 11.6. The average molecular weight is 327 g/mol. The van der Waals surface area contributed by atoms with Crippen molar-refractivity contribution in [3.05, 3.63) is 65.7 Å². The first-order chi connectivity index (χ1) is 10.5. The molecule has 0 unspecified atom stereocenters. The molecule has 0 fully saturated rings. The van der Waals surface area contributed by atoms with Gasteiger partial charge in [0.25, 0.3) is 0 Å². The van der Waals surface area contributed by atoms with Crippen molar-refractivity contribution in [3.8, 4) is 0 Å².